The van der Waals surface area contributed by atoms with Gasteiger partial charge < -0.3 is 11.1 Å². The number of nitrogens with one attached hydrogen (secondary N) is 1. The summed E-state index contributed by atoms with van der Waals surface area (Å²) in [6, 6.07) is 6.09. The number of rotatable bonds is 6. The van der Waals surface area contributed by atoms with Crippen LogP contribution in [0.2, 0.25) is 0 Å². The Morgan fingerprint density at radius 2 is 1.77 bits per heavy atom. The Morgan fingerprint density at radius 3 is 2.18 bits per heavy atom. The Labute approximate surface area is 138 Å². The highest BCUT2D eigenvalue weighted by atomic mass is 35.5. The average molecular weight is 350 g/mol. The van der Waals surface area contributed by atoms with Crippen molar-refractivity contribution in [1.82, 2.24) is 4.31 Å². The van der Waals surface area contributed by atoms with Crippen molar-refractivity contribution in [2.45, 2.75) is 25.7 Å². The Balaban J connectivity index is 0.00000441. The summed E-state index contributed by atoms with van der Waals surface area (Å²) in [5, 5.41) is 2.60. The summed E-state index contributed by atoms with van der Waals surface area (Å²) in [5.41, 5.74) is 5.91. The summed E-state index contributed by atoms with van der Waals surface area (Å²) in [6.07, 6.45) is 0. The molecule has 0 aliphatic heterocycles. The maximum Gasteiger partial charge on any atom is 0.242 e. The summed E-state index contributed by atoms with van der Waals surface area (Å²) in [5.74, 6) is -0.201. The molecule has 0 radical (unpaired) electrons. The van der Waals surface area contributed by atoms with Gasteiger partial charge in [-0.25, -0.2) is 12.7 Å². The van der Waals surface area contributed by atoms with Gasteiger partial charge in [0.1, 0.15) is 0 Å². The van der Waals surface area contributed by atoms with Gasteiger partial charge in [-0.1, -0.05) is 13.8 Å². The number of sulfonamides is 1. The van der Waals surface area contributed by atoms with Crippen molar-refractivity contribution in [1.29, 1.82) is 0 Å². The van der Waals surface area contributed by atoms with Crippen molar-refractivity contribution in [3.8, 4) is 0 Å². The predicted octanol–water partition coefficient (Wildman–Crippen LogP) is 1.67. The second-order valence-electron chi connectivity index (χ2n) is 5.83. The minimum absolute atomic E-state index is 0. The van der Waals surface area contributed by atoms with Gasteiger partial charge in [0.15, 0.2) is 0 Å². The third-order valence-electron chi connectivity index (χ3n) is 3.09. The molecule has 0 atom stereocenters. The first kappa shape index (κ1) is 20.9. The van der Waals surface area contributed by atoms with E-state index in [1.165, 1.54) is 30.4 Å². The second kappa shape index (κ2) is 7.92. The number of benzene rings is 1. The summed E-state index contributed by atoms with van der Waals surface area (Å²) in [6.45, 7) is 5.96. The topological polar surface area (TPSA) is 92.5 Å². The van der Waals surface area contributed by atoms with Crippen LogP contribution in [0.1, 0.15) is 20.8 Å². The highest BCUT2D eigenvalue weighted by Crippen LogP contribution is 2.21. The Kier molecular flexibility index (Phi) is 7.50. The number of hydrogen-bond acceptors (Lipinski definition) is 4. The lowest BCUT2D eigenvalue weighted by atomic mass is 9.94. The SMILES string of the molecule is CC(=O)Nc1ccc(S(=O)(=O)N(C)CC(C)(C)CN)cc1.Cl. The zero-order chi connectivity index (χ0) is 16.3. The molecule has 0 fully saturated rings. The average Bonchev–Trinajstić information content (AvgIpc) is 2.38. The Hall–Kier alpha value is -1.15. The molecule has 0 aliphatic carbocycles. The van der Waals surface area contributed by atoms with Crippen LogP contribution in [0.3, 0.4) is 0 Å². The molecule has 22 heavy (non-hydrogen) atoms. The number of carbonyl (C=O) groups excluding carboxylic acids is 1. The Bertz CT molecular complexity index is 600. The molecule has 0 unspecified atom stereocenters. The van der Waals surface area contributed by atoms with E-state index in [-0.39, 0.29) is 28.6 Å². The van der Waals surface area contributed by atoms with Gasteiger partial charge in [0.25, 0.3) is 0 Å². The van der Waals surface area contributed by atoms with Crippen LogP contribution in [-0.2, 0) is 14.8 Å². The van der Waals surface area contributed by atoms with Crippen molar-refractivity contribution in [2.24, 2.45) is 11.1 Å². The highest BCUT2D eigenvalue weighted by Gasteiger charge is 2.27. The van der Waals surface area contributed by atoms with Crippen molar-refractivity contribution >= 4 is 34.0 Å². The van der Waals surface area contributed by atoms with Crippen LogP contribution in [0.4, 0.5) is 5.69 Å². The van der Waals surface area contributed by atoms with Crippen molar-refractivity contribution in [2.75, 3.05) is 25.5 Å². The Morgan fingerprint density at radius 1 is 1.27 bits per heavy atom. The van der Waals surface area contributed by atoms with Crippen LogP contribution >= 0.6 is 12.4 Å². The molecule has 8 heteroatoms. The van der Waals surface area contributed by atoms with E-state index in [1.807, 2.05) is 13.8 Å². The lowest BCUT2D eigenvalue weighted by Gasteiger charge is -2.28. The van der Waals surface area contributed by atoms with E-state index in [4.69, 9.17) is 5.73 Å². The van der Waals surface area contributed by atoms with Crippen LogP contribution in [0.15, 0.2) is 29.2 Å². The molecule has 0 spiro atoms. The summed E-state index contributed by atoms with van der Waals surface area (Å²) in [7, 11) is -2.03. The number of amides is 1. The van der Waals surface area contributed by atoms with Crippen LogP contribution in [-0.4, -0.2) is 38.8 Å². The van der Waals surface area contributed by atoms with Gasteiger partial charge in [0.2, 0.25) is 15.9 Å². The molecule has 0 saturated heterocycles. The molecule has 0 aromatic heterocycles. The van der Waals surface area contributed by atoms with Crippen LogP contribution in [0.25, 0.3) is 0 Å². The molecule has 1 rings (SSSR count). The van der Waals surface area contributed by atoms with E-state index in [1.54, 1.807) is 12.1 Å². The molecule has 0 aliphatic rings. The van der Waals surface area contributed by atoms with Gasteiger partial charge in [-0.15, -0.1) is 12.4 Å². The molecule has 0 saturated carbocycles. The first-order chi connectivity index (χ1) is 9.58. The van der Waals surface area contributed by atoms with Gasteiger partial charge >= 0.3 is 0 Å². The van der Waals surface area contributed by atoms with Gasteiger partial charge in [-0.05, 0) is 36.2 Å². The van der Waals surface area contributed by atoms with Gasteiger partial charge in [0, 0.05) is 26.2 Å². The third kappa shape index (κ3) is 5.57. The summed E-state index contributed by atoms with van der Waals surface area (Å²) < 4.78 is 26.2. The van der Waals surface area contributed by atoms with E-state index >= 15 is 0 Å². The van der Waals surface area contributed by atoms with Gasteiger partial charge in [-0.2, -0.15) is 0 Å². The number of anilines is 1. The number of carbonyl (C=O) groups is 1. The maximum absolute atomic E-state index is 12.5. The first-order valence-corrected chi connectivity index (χ1v) is 8.06. The van der Waals surface area contributed by atoms with Crippen LogP contribution in [0.5, 0.6) is 0 Å². The first-order valence-electron chi connectivity index (χ1n) is 6.62. The van der Waals surface area contributed by atoms with Crippen LogP contribution in [0, 0.1) is 5.41 Å². The van der Waals surface area contributed by atoms with Crippen LogP contribution < -0.4 is 11.1 Å². The molecule has 3 N–H and O–H groups in total. The molecule has 1 aromatic carbocycles. The quantitative estimate of drug-likeness (QED) is 0.817. The number of hydrogen-bond donors (Lipinski definition) is 2. The number of nitrogens with two attached hydrogens (primary N) is 1. The van der Waals surface area contributed by atoms with Gasteiger partial charge in [-0.3, -0.25) is 4.79 Å². The van der Waals surface area contributed by atoms with Crippen molar-refractivity contribution in [3.63, 3.8) is 0 Å². The summed E-state index contributed by atoms with van der Waals surface area (Å²) in [4.78, 5) is 11.1. The number of nitrogens with zero attached hydrogens (tertiary/aromatic N) is 1. The largest absolute Gasteiger partial charge is 0.330 e. The lowest BCUT2D eigenvalue weighted by molar-refractivity contribution is -0.114. The molecular formula is C14H24ClN3O3S. The maximum atomic E-state index is 12.5. The lowest BCUT2D eigenvalue weighted by Crippen LogP contribution is -2.39. The monoisotopic (exact) mass is 349 g/mol. The molecule has 1 amide bonds. The smallest absolute Gasteiger partial charge is 0.242 e. The van der Waals surface area contributed by atoms with E-state index in [2.05, 4.69) is 5.32 Å². The predicted molar refractivity (Wildman–Crippen MR) is 90.6 cm³/mol. The molecule has 1 aromatic rings. The molecule has 0 heterocycles. The molecular weight excluding hydrogens is 326 g/mol. The minimum Gasteiger partial charge on any atom is -0.330 e. The minimum atomic E-state index is -3.56. The van der Waals surface area contributed by atoms with Gasteiger partial charge in [0.05, 0.1) is 4.90 Å². The molecule has 6 nitrogen and oxygen atoms in total. The second-order valence-corrected chi connectivity index (χ2v) is 7.88. The highest BCUT2D eigenvalue weighted by molar-refractivity contribution is 7.89. The fraction of sp³-hybridized carbons (Fsp3) is 0.500. The van der Waals surface area contributed by atoms with E-state index < -0.39 is 10.0 Å². The molecule has 0 bridgehead atoms. The standard InChI is InChI=1S/C14H23N3O3S.ClH/c1-11(18)16-12-5-7-13(8-6-12)21(19,20)17(4)10-14(2,3)9-15;/h5-8H,9-10,15H2,1-4H3,(H,16,18);1H. The number of halogens is 1. The van der Waals surface area contributed by atoms with Crippen molar-refractivity contribution < 1.29 is 13.2 Å². The third-order valence-corrected chi connectivity index (χ3v) is 4.90. The van der Waals surface area contributed by atoms with E-state index in [9.17, 15) is 13.2 Å². The molecule has 126 valence electrons. The summed E-state index contributed by atoms with van der Waals surface area (Å²) >= 11 is 0. The zero-order valence-electron chi connectivity index (χ0n) is 13.3. The fourth-order valence-corrected chi connectivity index (χ4v) is 3.21. The normalized spacial score (nSPS) is 11.9. The van der Waals surface area contributed by atoms with Crippen molar-refractivity contribution in [3.05, 3.63) is 24.3 Å². The fourth-order valence-electron chi connectivity index (χ4n) is 1.85. The zero-order valence-corrected chi connectivity index (χ0v) is 14.9. The van der Waals surface area contributed by atoms with E-state index in [0.29, 0.717) is 18.8 Å². The van der Waals surface area contributed by atoms with E-state index in [0.717, 1.165) is 0 Å².